The second-order valence-corrected chi connectivity index (χ2v) is 10.1. The zero-order valence-corrected chi connectivity index (χ0v) is 22.6. The summed E-state index contributed by atoms with van der Waals surface area (Å²) in [5.74, 6) is -4.18. The van der Waals surface area contributed by atoms with Crippen LogP contribution in [0.15, 0.2) is 58.5 Å². The third-order valence-corrected chi connectivity index (χ3v) is 6.46. The van der Waals surface area contributed by atoms with Crippen LogP contribution in [0.5, 0.6) is 5.75 Å². The number of nitrogens with zero attached hydrogens (tertiary/aromatic N) is 4. The van der Waals surface area contributed by atoms with E-state index in [2.05, 4.69) is 9.97 Å². The van der Waals surface area contributed by atoms with E-state index >= 15 is 0 Å². The van der Waals surface area contributed by atoms with Gasteiger partial charge >= 0.3 is 5.97 Å². The summed E-state index contributed by atoms with van der Waals surface area (Å²) in [6, 6.07) is 6.70. The molecule has 0 unspecified atom stereocenters. The molecular formula is C26H23Cl2FN4O6. The Morgan fingerprint density at radius 1 is 1.00 bits per heavy atom. The molecule has 204 valence electrons. The van der Waals surface area contributed by atoms with E-state index in [0.29, 0.717) is 17.4 Å². The van der Waals surface area contributed by atoms with Crippen LogP contribution in [0.3, 0.4) is 0 Å². The fourth-order valence-electron chi connectivity index (χ4n) is 3.93. The first-order chi connectivity index (χ1) is 18.1. The van der Waals surface area contributed by atoms with Gasteiger partial charge in [-0.05, 0) is 51.5 Å². The molecule has 0 spiro atoms. The molecule has 0 fully saturated rings. The molecule has 4 aromatic rings. The van der Waals surface area contributed by atoms with Crippen molar-refractivity contribution in [3.05, 3.63) is 108 Å². The SMILES string of the molecule is Cc1cnc(-n2cccc(C(C)(C)O)c2=O)cc1-n1c(C)cc(OC(O)(O)c2ncc(F)cc2Cl)c(Cl)c1=O. The first kappa shape index (κ1) is 28.4. The fourth-order valence-corrected chi connectivity index (χ4v) is 4.38. The molecule has 4 aromatic heterocycles. The van der Waals surface area contributed by atoms with Gasteiger partial charge in [0.05, 0.1) is 22.5 Å². The van der Waals surface area contributed by atoms with Crippen LogP contribution in [0.25, 0.3) is 11.5 Å². The molecule has 0 atom stereocenters. The molecule has 0 saturated carbocycles. The van der Waals surface area contributed by atoms with Gasteiger partial charge in [0.1, 0.15) is 16.7 Å². The maximum absolute atomic E-state index is 13.4. The maximum atomic E-state index is 13.4. The first-order valence-electron chi connectivity index (χ1n) is 11.4. The van der Waals surface area contributed by atoms with Crippen LogP contribution >= 0.6 is 23.2 Å². The summed E-state index contributed by atoms with van der Waals surface area (Å²) < 4.78 is 21.0. The third kappa shape index (κ3) is 5.45. The smallest absolute Gasteiger partial charge is 0.370 e. The van der Waals surface area contributed by atoms with E-state index < -0.39 is 50.0 Å². The fraction of sp³-hybridized carbons (Fsp3) is 0.231. The summed E-state index contributed by atoms with van der Waals surface area (Å²) in [4.78, 5) is 34.3. The number of aliphatic hydroxyl groups is 3. The molecule has 0 bridgehead atoms. The lowest BCUT2D eigenvalue weighted by Crippen LogP contribution is -2.35. The van der Waals surface area contributed by atoms with Crippen LogP contribution in [-0.2, 0) is 11.6 Å². The van der Waals surface area contributed by atoms with Crippen molar-refractivity contribution in [2.75, 3.05) is 0 Å². The Kier molecular flexibility index (Phi) is 7.41. The van der Waals surface area contributed by atoms with Crippen molar-refractivity contribution < 1.29 is 24.4 Å². The number of aryl methyl sites for hydroxylation is 2. The quantitative estimate of drug-likeness (QED) is 0.297. The number of hydrogen-bond donors (Lipinski definition) is 3. The number of aromatic nitrogens is 4. The van der Waals surface area contributed by atoms with E-state index in [1.165, 1.54) is 53.6 Å². The van der Waals surface area contributed by atoms with E-state index in [1.54, 1.807) is 19.9 Å². The number of pyridine rings is 4. The highest BCUT2D eigenvalue weighted by Crippen LogP contribution is 2.32. The van der Waals surface area contributed by atoms with Crippen molar-refractivity contribution >= 4 is 23.2 Å². The number of halogens is 3. The Bertz CT molecular complexity index is 1710. The Morgan fingerprint density at radius 2 is 1.69 bits per heavy atom. The molecule has 10 nitrogen and oxygen atoms in total. The molecule has 0 amide bonds. The predicted octanol–water partition coefficient (Wildman–Crippen LogP) is 3.24. The van der Waals surface area contributed by atoms with E-state index in [-0.39, 0.29) is 17.1 Å². The van der Waals surface area contributed by atoms with Crippen LogP contribution in [0.2, 0.25) is 10.0 Å². The van der Waals surface area contributed by atoms with Crippen molar-refractivity contribution in [3.8, 4) is 17.3 Å². The van der Waals surface area contributed by atoms with Gasteiger partial charge in [0.2, 0.25) is 0 Å². The van der Waals surface area contributed by atoms with Gasteiger partial charge in [-0.2, -0.15) is 0 Å². The number of hydrogen-bond acceptors (Lipinski definition) is 8. The normalized spacial score (nSPS) is 12.1. The molecule has 4 rings (SSSR count). The zero-order valence-electron chi connectivity index (χ0n) is 21.1. The number of ether oxygens (including phenoxy) is 1. The van der Waals surface area contributed by atoms with Gasteiger partial charge in [0.15, 0.2) is 11.4 Å². The average molecular weight is 577 g/mol. The maximum Gasteiger partial charge on any atom is 0.370 e. The Labute approximate surface area is 231 Å². The molecule has 0 saturated heterocycles. The van der Waals surface area contributed by atoms with Gasteiger partial charge in [0.25, 0.3) is 11.1 Å². The van der Waals surface area contributed by atoms with Gasteiger partial charge in [-0.15, -0.1) is 0 Å². The lowest BCUT2D eigenvalue weighted by atomic mass is 10.0. The van der Waals surface area contributed by atoms with Crippen LogP contribution in [0.1, 0.15) is 36.4 Å². The van der Waals surface area contributed by atoms with E-state index in [9.17, 15) is 29.3 Å². The molecule has 0 aliphatic rings. The predicted molar refractivity (Wildman–Crippen MR) is 141 cm³/mol. The standard InChI is InChI=1S/C26H23Cl2FN4O6/c1-13-11-30-20(32-7-5-6-16(23(32)34)25(3,4)36)10-18(13)33-14(2)8-19(21(28)24(33)35)39-26(37,38)22-17(27)9-15(29)12-31-22/h5-12,36-38H,1-4H3. The summed E-state index contributed by atoms with van der Waals surface area (Å²) in [6.45, 7) is 6.22. The highest BCUT2D eigenvalue weighted by atomic mass is 35.5. The van der Waals surface area contributed by atoms with Crippen molar-refractivity contribution in [2.24, 2.45) is 0 Å². The van der Waals surface area contributed by atoms with Gasteiger partial charge < -0.3 is 20.1 Å². The minimum atomic E-state index is -3.15. The van der Waals surface area contributed by atoms with Crippen LogP contribution in [0.4, 0.5) is 4.39 Å². The van der Waals surface area contributed by atoms with Crippen molar-refractivity contribution in [1.29, 1.82) is 0 Å². The van der Waals surface area contributed by atoms with Crippen molar-refractivity contribution in [1.82, 2.24) is 19.1 Å². The van der Waals surface area contributed by atoms with E-state index in [0.717, 1.165) is 6.07 Å². The summed E-state index contributed by atoms with van der Waals surface area (Å²) in [5, 5.41) is 30.3. The first-order valence-corrected chi connectivity index (χ1v) is 12.2. The summed E-state index contributed by atoms with van der Waals surface area (Å²) in [6.07, 6.45) is 3.66. The Hall–Kier alpha value is -3.61. The van der Waals surface area contributed by atoms with Gasteiger partial charge in [-0.1, -0.05) is 23.2 Å². The van der Waals surface area contributed by atoms with Crippen molar-refractivity contribution in [2.45, 2.75) is 39.3 Å². The largest absolute Gasteiger partial charge is 0.433 e. The average Bonchev–Trinajstić information content (AvgIpc) is 2.82. The van der Waals surface area contributed by atoms with Crippen LogP contribution in [0, 0.1) is 19.7 Å². The lowest BCUT2D eigenvalue weighted by Gasteiger charge is -2.24. The van der Waals surface area contributed by atoms with E-state index in [4.69, 9.17) is 27.9 Å². The lowest BCUT2D eigenvalue weighted by molar-refractivity contribution is -0.306. The topological polar surface area (TPSA) is 140 Å². The molecule has 0 aliphatic carbocycles. The summed E-state index contributed by atoms with van der Waals surface area (Å²) >= 11 is 12.2. The molecule has 0 aliphatic heterocycles. The highest BCUT2D eigenvalue weighted by Gasteiger charge is 2.35. The second-order valence-electron chi connectivity index (χ2n) is 9.28. The summed E-state index contributed by atoms with van der Waals surface area (Å²) in [5.41, 5.74) is -1.97. The van der Waals surface area contributed by atoms with Crippen LogP contribution in [-0.4, -0.2) is 34.4 Å². The minimum Gasteiger partial charge on any atom is -0.433 e. The minimum absolute atomic E-state index is 0.152. The molecule has 4 heterocycles. The molecular weight excluding hydrogens is 554 g/mol. The zero-order chi connectivity index (χ0) is 28.9. The van der Waals surface area contributed by atoms with Crippen LogP contribution < -0.4 is 15.9 Å². The number of rotatable bonds is 6. The molecule has 0 radical (unpaired) electrons. The van der Waals surface area contributed by atoms with Gasteiger partial charge in [0, 0.05) is 35.8 Å². The Balaban J connectivity index is 1.81. The second kappa shape index (κ2) is 10.2. The van der Waals surface area contributed by atoms with E-state index in [1.807, 2.05) is 0 Å². The Morgan fingerprint density at radius 3 is 2.33 bits per heavy atom. The highest BCUT2D eigenvalue weighted by molar-refractivity contribution is 6.32. The molecule has 39 heavy (non-hydrogen) atoms. The monoisotopic (exact) mass is 576 g/mol. The molecule has 3 N–H and O–H groups in total. The molecule has 0 aromatic carbocycles. The van der Waals surface area contributed by atoms with Gasteiger partial charge in [-0.3, -0.25) is 18.7 Å². The summed E-state index contributed by atoms with van der Waals surface area (Å²) in [7, 11) is 0. The third-order valence-electron chi connectivity index (χ3n) is 5.82. The van der Waals surface area contributed by atoms with Crippen molar-refractivity contribution in [3.63, 3.8) is 0 Å². The molecule has 13 heteroatoms. The van der Waals surface area contributed by atoms with Gasteiger partial charge in [-0.25, -0.2) is 14.4 Å².